The molecule has 2 aromatic carbocycles. The smallest absolute Gasteiger partial charge is 0.0551 e. The zero-order valence-electron chi connectivity index (χ0n) is 8.23. The summed E-state index contributed by atoms with van der Waals surface area (Å²) >= 11 is 2.29. The summed E-state index contributed by atoms with van der Waals surface area (Å²) in [5.74, 6) is 0. The third-order valence-electron chi connectivity index (χ3n) is 2.39. The van der Waals surface area contributed by atoms with Gasteiger partial charge in [-0.25, -0.2) is 0 Å². The molecule has 0 aromatic heterocycles. The molecule has 0 amide bonds. The van der Waals surface area contributed by atoms with Gasteiger partial charge in [-0.15, -0.1) is 0 Å². The molecule has 0 aliphatic rings. The maximum Gasteiger partial charge on any atom is 0.0551 e. The summed E-state index contributed by atoms with van der Waals surface area (Å²) in [6.45, 7) is 0. The molecule has 0 aliphatic heterocycles. The van der Waals surface area contributed by atoms with Gasteiger partial charge in [0.05, 0.1) is 6.04 Å². The van der Waals surface area contributed by atoms with Crippen LogP contribution in [-0.4, -0.2) is 0 Å². The summed E-state index contributed by atoms with van der Waals surface area (Å²) in [5.41, 5.74) is 8.47. The second-order valence-electron chi connectivity index (χ2n) is 3.44. The van der Waals surface area contributed by atoms with Crippen LogP contribution in [0.5, 0.6) is 0 Å². The molecule has 0 saturated heterocycles. The van der Waals surface area contributed by atoms with Gasteiger partial charge < -0.3 is 5.73 Å². The first kappa shape index (κ1) is 10.6. The van der Waals surface area contributed by atoms with E-state index in [9.17, 15) is 0 Å². The molecule has 0 aliphatic carbocycles. The molecule has 0 bridgehead atoms. The Morgan fingerprint density at radius 2 is 1.33 bits per heavy atom. The Balaban J connectivity index is 2.29. The van der Waals surface area contributed by atoms with Crippen LogP contribution in [0.15, 0.2) is 54.6 Å². The van der Waals surface area contributed by atoms with Gasteiger partial charge in [0.15, 0.2) is 0 Å². The lowest BCUT2D eigenvalue weighted by molar-refractivity contribution is 0.871. The van der Waals surface area contributed by atoms with Crippen LogP contribution in [-0.2, 0) is 0 Å². The van der Waals surface area contributed by atoms with E-state index in [2.05, 4.69) is 59.0 Å². The van der Waals surface area contributed by atoms with Crippen molar-refractivity contribution in [3.05, 3.63) is 69.3 Å². The molecule has 76 valence electrons. The van der Waals surface area contributed by atoms with E-state index < -0.39 is 0 Å². The van der Waals surface area contributed by atoms with Crippen LogP contribution in [0.2, 0.25) is 0 Å². The highest BCUT2D eigenvalue weighted by atomic mass is 127. The van der Waals surface area contributed by atoms with Gasteiger partial charge in [-0.3, -0.25) is 0 Å². The lowest BCUT2D eigenvalue weighted by atomic mass is 10.00. The van der Waals surface area contributed by atoms with Crippen molar-refractivity contribution in [2.45, 2.75) is 6.04 Å². The van der Waals surface area contributed by atoms with Crippen molar-refractivity contribution in [2.24, 2.45) is 5.73 Å². The van der Waals surface area contributed by atoms with Gasteiger partial charge in [-0.05, 0) is 45.9 Å². The van der Waals surface area contributed by atoms with Gasteiger partial charge in [-0.2, -0.15) is 0 Å². The number of nitrogens with two attached hydrogens (primary N) is 1. The second kappa shape index (κ2) is 4.77. The van der Waals surface area contributed by atoms with Crippen LogP contribution >= 0.6 is 22.6 Å². The average Bonchev–Trinajstić information content (AvgIpc) is 2.30. The number of rotatable bonds is 2. The molecule has 0 fully saturated rings. The molecule has 1 atom stereocenters. The van der Waals surface area contributed by atoms with Gasteiger partial charge in [-0.1, -0.05) is 42.5 Å². The van der Waals surface area contributed by atoms with Crippen LogP contribution in [0.3, 0.4) is 0 Å². The lowest BCUT2D eigenvalue weighted by Gasteiger charge is -2.12. The van der Waals surface area contributed by atoms with Gasteiger partial charge in [0.25, 0.3) is 0 Å². The molecule has 0 spiro atoms. The second-order valence-corrected chi connectivity index (χ2v) is 4.69. The van der Waals surface area contributed by atoms with Crippen molar-refractivity contribution in [3.8, 4) is 0 Å². The van der Waals surface area contributed by atoms with Gasteiger partial charge in [0.1, 0.15) is 0 Å². The first-order chi connectivity index (χ1) is 7.27. The molecule has 2 rings (SSSR count). The highest BCUT2D eigenvalue weighted by molar-refractivity contribution is 14.1. The predicted octanol–water partition coefficient (Wildman–Crippen LogP) is 3.34. The normalized spacial score (nSPS) is 12.4. The van der Waals surface area contributed by atoms with Gasteiger partial charge in [0, 0.05) is 3.57 Å². The molecule has 1 unspecified atom stereocenters. The van der Waals surface area contributed by atoms with E-state index in [1.165, 1.54) is 3.57 Å². The van der Waals surface area contributed by atoms with Crippen molar-refractivity contribution in [3.63, 3.8) is 0 Å². The van der Waals surface area contributed by atoms with E-state index in [1.807, 2.05) is 18.2 Å². The zero-order chi connectivity index (χ0) is 10.7. The van der Waals surface area contributed by atoms with Gasteiger partial charge >= 0.3 is 0 Å². The van der Waals surface area contributed by atoms with Crippen molar-refractivity contribution in [1.29, 1.82) is 0 Å². The summed E-state index contributed by atoms with van der Waals surface area (Å²) in [4.78, 5) is 0. The standard InChI is InChI=1S/C13H12IN/c14-12-8-6-11(7-9-12)13(15)10-4-2-1-3-5-10/h1-9,13H,15H2. The van der Waals surface area contributed by atoms with Crippen LogP contribution < -0.4 is 5.73 Å². The summed E-state index contributed by atoms with van der Waals surface area (Å²) in [5, 5.41) is 0. The maximum absolute atomic E-state index is 6.16. The Morgan fingerprint density at radius 1 is 0.800 bits per heavy atom. The highest BCUT2D eigenvalue weighted by Crippen LogP contribution is 2.19. The number of hydrogen-bond donors (Lipinski definition) is 1. The van der Waals surface area contributed by atoms with Crippen LogP contribution in [0.25, 0.3) is 0 Å². The molecule has 1 nitrogen and oxygen atoms in total. The zero-order valence-corrected chi connectivity index (χ0v) is 10.4. The fourth-order valence-electron chi connectivity index (χ4n) is 1.52. The van der Waals surface area contributed by atoms with E-state index in [4.69, 9.17) is 5.73 Å². The Hall–Kier alpha value is -0.870. The maximum atomic E-state index is 6.16. The SMILES string of the molecule is NC(c1ccccc1)c1ccc(I)cc1. The average molecular weight is 309 g/mol. The molecule has 2 N–H and O–H groups in total. The first-order valence-corrected chi connectivity index (χ1v) is 5.91. The minimum absolute atomic E-state index is 0.0248. The summed E-state index contributed by atoms with van der Waals surface area (Å²) < 4.78 is 1.23. The fourth-order valence-corrected chi connectivity index (χ4v) is 1.88. The third-order valence-corrected chi connectivity index (χ3v) is 3.11. The van der Waals surface area contributed by atoms with E-state index in [1.54, 1.807) is 0 Å². The van der Waals surface area contributed by atoms with Crippen molar-refractivity contribution >= 4 is 22.6 Å². The lowest BCUT2D eigenvalue weighted by Crippen LogP contribution is -2.11. The third kappa shape index (κ3) is 2.58. The quantitative estimate of drug-likeness (QED) is 0.846. The van der Waals surface area contributed by atoms with Crippen LogP contribution in [0, 0.1) is 3.57 Å². The summed E-state index contributed by atoms with van der Waals surface area (Å²) in [7, 11) is 0. The Kier molecular flexibility index (Phi) is 3.38. The van der Waals surface area contributed by atoms with Crippen LogP contribution in [0.4, 0.5) is 0 Å². The Morgan fingerprint density at radius 3 is 1.93 bits per heavy atom. The van der Waals surface area contributed by atoms with E-state index in [0.29, 0.717) is 0 Å². The molecule has 15 heavy (non-hydrogen) atoms. The van der Waals surface area contributed by atoms with E-state index in [0.717, 1.165) is 11.1 Å². The largest absolute Gasteiger partial charge is 0.320 e. The number of hydrogen-bond acceptors (Lipinski definition) is 1. The molecule has 0 radical (unpaired) electrons. The molecule has 0 saturated carbocycles. The molecule has 2 aromatic rings. The highest BCUT2D eigenvalue weighted by Gasteiger charge is 2.07. The number of halogens is 1. The topological polar surface area (TPSA) is 26.0 Å². The molecule has 2 heteroatoms. The minimum Gasteiger partial charge on any atom is -0.320 e. The predicted molar refractivity (Wildman–Crippen MR) is 71.6 cm³/mol. The fraction of sp³-hybridized carbons (Fsp3) is 0.0769. The first-order valence-electron chi connectivity index (χ1n) is 4.83. The molecular weight excluding hydrogens is 297 g/mol. The summed E-state index contributed by atoms with van der Waals surface area (Å²) in [6.07, 6.45) is 0. The van der Waals surface area contributed by atoms with Gasteiger partial charge in [0.2, 0.25) is 0 Å². The van der Waals surface area contributed by atoms with E-state index >= 15 is 0 Å². The van der Waals surface area contributed by atoms with Crippen LogP contribution in [0.1, 0.15) is 17.2 Å². The number of benzene rings is 2. The molecule has 0 heterocycles. The van der Waals surface area contributed by atoms with Crippen molar-refractivity contribution < 1.29 is 0 Å². The molecular formula is C13H12IN. The van der Waals surface area contributed by atoms with Crippen molar-refractivity contribution in [1.82, 2.24) is 0 Å². The summed E-state index contributed by atoms with van der Waals surface area (Å²) in [6, 6.07) is 18.5. The Bertz CT molecular complexity index is 422. The Labute approximate surface area is 103 Å². The minimum atomic E-state index is -0.0248. The van der Waals surface area contributed by atoms with Crippen molar-refractivity contribution in [2.75, 3.05) is 0 Å². The monoisotopic (exact) mass is 309 g/mol. The van der Waals surface area contributed by atoms with E-state index in [-0.39, 0.29) is 6.04 Å².